The third-order valence-corrected chi connectivity index (χ3v) is 16.9. The Hall–Kier alpha value is -2.44. The molecule has 4 saturated carbocycles. The van der Waals surface area contributed by atoms with Gasteiger partial charge in [0, 0.05) is 18.6 Å². The molecule has 1 aromatic carbocycles. The zero-order chi connectivity index (χ0) is 35.9. The number of aliphatic carboxylic acids is 1. The molecule has 6 nitrogen and oxygen atoms in total. The van der Waals surface area contributed by atoms with Crippen LogP contribution in [0.3, 0.4) is 0 Å². The zero-order valence-corrected chi connectivity index (χ0v) is 31.8. The lowest BCUT2D eigenvalue weighted by atomic mass is 9.33. The van der Waals surface area contributed by atoms with Crippen molar-refractivity contribution < 1.29 is 19.8 Å². The molecule has 0 spiro atoms. The van der Waals surface area contributed by atoms with Gasteiger partial charge in [0.25, 0.3) is 0 Å². The summed E-state index contributed by atoms with van der Waals surface area (Å²) in [5.41, 5.74) is 5.32. The highest BCUT2D eigenvalue weighted by Gasteiger charge is 2.70. The summed E-state index contributed by atoms with van der Waals surface area (Å²) < 4.78 is 0. The number of hydrogen-bond acceptors (Lipinski definition) is 4. The molecule has 0 amide bonds. The van der Waals surface area contributed by atoms with Crippen LogP contribution in [-0.2, 0) is 4.79 Å². The molecule has 0 unspecified atom stereocenters. The largest absolute Gasteiger partial charge is 0.481 e. The lowest BCUT2D eigenvalue weighted by Crippen LogP contribution is -2.68. The van der Waals surface area contributed by atoms with Gasteiger partial charge < -0.3 is 20.4 Å². The van der Waals surface area contributed by atoms with E-state index in [9.17, 15) is 19.8 Å². The van der Waals surface area contributed by atoms with E-state index in [1.807, 2.05) is 12.1 Å². The van der Waals surface area contributed by atoms with Crippen molar-refractivity contribution in [3.8, 4) is 0 Å². The average Bonchev–Trinajstić information content (AvgIpc) is 3.45. The Labute approximate surface area is 301 Å². The molecular weight excluding hydrogens is 620 g/mol. The van der Waals surface area contributed by atoms with Gasteiger partial charge in [-0.25, -0.2) is 4.79 Å². The summed E-state index contributed by atoms with van der Waals surface area (Å²) in [6, 6.07) is 7.60. The number of nitrogens with zero attached hydrogens (tertiary/aromatic N) is 1. The molecule has 0 radical (unpaired) electrons. The molecule has 5 fully saturated rings. The lowest BCUT2D eigenvalue weighted by Gasteiger charge is -2.72. The van der Waals surface area contributed by atoms with E-state index in [0.717, 1.165) is 45.4 Å². The molecule has 0 bridgehead atoms. The number of aromatic carboxylic acids is 1. The summed E-state index contributed by atoms with van der Waals surface area (Å²) in [5, 5.41) is 23.2. The lowest BCUT2D eigenvalue weighted by molar-refractivity contribution is -0.219. The number of nitrogens with one attached hydrogen (secondary N) is 1. The second-order valence-corrected chi connectivity index (χ2v) is 19.1. The molecule has 7 rings (SSSR count). The Morgan fingerprint density at radius 2 is 1.56 bits per heavy atom. The number of carboxylic acids is 2. The highest BCUT2D eigenvalue weighted by molar-refractivity contribution is 5.88. The van der Waals surface area contributed by atoms with Crippen LogP contribution in [0.5, 0.6) is 0 Å². The number of likely N-dealkylation sites (tertiary alicyclic amines) is 1. The van der Waals surface area contributed by atoms with Gasteiger partial charge in [0.05, 0.1) is 11.5 Å². The van der Waals surface area contributed by atoms with Crippen molar-refractivity contribution in [3.05, 3.63) is 53.6 Å². The van der Waals surface area contributed by atoms with Crippen LogP contribution in [0, 0.1) is 57.2 Å². The van der Waals surface area contributed by atoms with E-state index in [-0.39, 0.29) is 33.1 Å². The molecule has 9 atom stereocenters. The van der Waals surface area contributed by atoms with Crippen LogP contribution in [0.4, 0.5) is 0 Å². The van der Waals surface area contributed by atoms with Gasteiger partial charge in [-0.2, -0.15) is 0 Å². The number of fused-ring (bicyclic) bond motifs is 7. The standard InChI is InChI=1S/C44H64N2O4/c1-28(2)32-14-21-44(45-24-27-46-25-17-31(18-26-46)39(49)50)23-22-42(6)34(37(32)44)12-13-36-41(5)19-15-33(29-8-10-30(11-9-29)38(47)48)40(3,4)35(41)16-20-43(36,42)7/h8-11,15,31-32,34-37,45H,1,12-14,16-27H2,2-7H3,(H,47,48)(H,49,50)/t32-,34+,35-,36+,37+,41-,42+,43+,44-/m0/s1. The molecule has 50 heavy (non-hydrogen) atoms. The van der Waals surface area contributed by atoms with Crippen molar-refractivity contribution in [3.63, 3.8) is 0 Å². The van der Waals surface area contributed by atoms with Crippen molar-refractivity contribution in [2.45, 2.75) is 118 Å². The number of benzene rings is 1. The number of carbonyl (C=O) groups is 2. The first-order chi connectivity index (χ1) is 23.6. The minimum absolute atomic E-state index is 0.0157. The number of piperidine rings is 1. The van der Waals surface area contributed by atoms with Gasteiger partial charge in [-0.15, -0.1) is 0 Å². The molecule has 274 valence electrons. The summed E-state index contributed by atoms with van der Waals surface area (Å²) >= 11 is 0. The number of rotatable bonds is 8. The Morgan fingerprint density at radius 3 is 2.20 bits per heavy atom. The number of carboxylic acid groups (broad SMARTS) is 2. The first-order valence-corrected chi connectivity index (χ1v) is 20.0. The zero-order valence-electron chi connectivity index (χ0n) is 31.8. The summed E-state index contributed by atoms with van der Waals surface area (Å²) in [4.78, 5) is 25.5. The topological polar surface area (TPSA) is 89.9 Å². The molecule has 1 heterocycles. The Kier molecular flexibility index (Phi) is 9.06. The predicted molar refractivity (Wildman–Crippen MR) is 201 cm³/mol. The van der Waals surface area contributed by atoms with Crippen LogP contribution in [0.15, 0.2) is 42.5 Å². The van der Waals surface area contributed by atoms with Crippen LogP contribution in [0.25, 0.3) is 5.57 Å². The maximum Gasteiger partial charge on any atom is 0.335 e. The van der Waals surface area contributed by atoms with E-state index in [4.69, 9.17) is 0 Å². The maximum atomic E-state index is 11.6. The second-order valence-electron chi connectivity index (χ2n) is 19.1. The summed E-state index contributed by atoms with van der Waals surface area (Å²) in [5.74, 6) is 1.50. The SMILES string of the molecule is C=C(C)[C@@H]1CC[C@]2(NCCN3CCC(C(=O)O)CC3)CC[C@]3(C)[C@H](CC[C@@H]4[C@@]5(C)CC=C(c6ccc(C(=O)O)cc6)C(C)(C)[C@@H]5CC[C@]43C)[C@@H]12. The van der Waals surface area contributed by atoms with Gasteiger partial charge in [0.2, 0.25) is 0 Å². The van der Waals surface area contributed by atoms with Crippen LogP contribution in [-0.4, -0.2) is 58.8 Å². The Balaban J connectivity index is 1.13. The highest BCUT2D eigenvalue weighted by atomic mass is 16.4. The fourth-order valence-corrected chi connectivity index (χ4v) is 14.2. The molecule has 0 aromatic heterocycles. The third-order valence-electron chi connectivity index (χ3n) is 16.9. The fourth-order valence-electron chi connectivity index (χ4n) is 14.2. The summed E-state index contributed by atoms with van der Waals surface area (Å²) in [6.07, 6.45) is 15.4. The molecule has 1 saturated heterocycles. The molecule has 5 aliphatic carbocycles. The Bertz CT molecular complexity index is 1540. The van der Waals surface area contributed by atoms with Crippen LogP contribution in [0.2, 0.25) is 0 Å². The second kappa shape index (κ2) is 12.6. The van der Waals surface area contributed by atoms with Crippen LogP contribution >= 0.6 is 0 Å². The van der Waals surface area contributed by atoms with Crippen LogP contribution in [0.1, 0.15) is 128 Å². The monoisotopic (exact) mass is 684 g/mol. The molecule has 6 heteroatoms. The van der Waals surface area contributed by atoms with Crippen molar-refractivity contribution in [1.29, 1.82) is 0 Å². The molecule has 3 N–H and O–H groups in total. The fraction of sp³-hybridized carbons (Fsp3) is 0.727. The maximum absolute atomic E-state index is 11.6. The van der Waals surface area contributed by atoms with Gasteiger partial charge in [0.15, 0.2) is 0 Å². The first kappa shape index (κ1) is 35.9. The highest BCUT2D eigenvalue weighted by Crippen LogP contribution is 2.76. The molecule has 1 aliphatic heterocycles. The van der Waals surface area contributed by atoms with Crippen molar-refractivity contribution in [1.82, 2.24) is 10.2 Å². The molecule has 1 aromatic rings. The first-order valence-electron chi connectivity index (χ1n) is 20.0. The van der Waals surface area contributed by atoms with Crippen molar-refractivity contribution >= 4 is 17.5 Å². The minimum Gasteiger partial charge on any atom is -0.481 e. The van der Waals surface area contributed by atoms with Crippen LogP contribution < -0.4 is 5.32 Å². The minimum atomic E-state index is -0.866. The Morgan fingerprint density at radius 1 is 0.860 bits per heavy atom. The summed E-state index contributed by atoms with van der Waals surface area (Å²) in [6.45, 7) is 23.7. The van der Waals surface area contributed by atoms with Gasteiger partial charge in [-0.05, 0) is 165 Å². The number of allylic oxidation sites excluding steroid dienone is 3. The van der Waals surface area contributed by atoms with E-state index >= 15 is 0 Å². The van der Waals surface area contributed by atoms with Gasteiger partial charge in [0.1, 0.15) is 0 Å². The van der Waals surface area contributed by atoms with E-state index in [0.29, 0.717) is 35.2 Å². The van der Waals surface area contributed by atoms with Gasteiger partial charge in [-0.3, -0.25) is 4.79 Å². The molecule has 6 aliphatic rings. The van der Waals surface area contributed by atoms with Crippen molar-refractivity contribution in [2.75, 3.05) is 26.2 Å². The third kappa shape index (κ3) is 5.39. The predicted octanol–water partition coefficient (Wildman–Crippen LogP) is 9.17. The van der Waals surface area contributed by atoms with E-state index in [1.54, 1.807) is 12.1 Å². The number of hydrogen-bond donors (Lipinski definition) is 3. The van der Waals surface area contributed by atoms with E-state index in [2.05, 4.69) is 64.4 Å². The normalized spacial score (nSPS) is 41.2. The smallest absolute Gasteiger partial charge is 0.335 e. The van der Waals surface area contributed by atoms with Gasteiger partial charge >= 0.3 is 11.9 Å². The quantitative estimate of drug-likeness (QED) is 0.237. The average molecular weight is 685 g/mol. The van der Waals surface area contributed by atoms with E-state index < -0.39 is 11.9 Å². The van der Waals surface area contributed by atoms with E-state index in [1.165, 1.54) is 68.1 Å². The summed E-state index contributed by atoms with van der Waals surface area (Å²) in [7, 11) is 0. The molecular formula is C44H64N2O4. The van der Waals surface area contributed by atoms with Crippen molar-refractivity contribution in [2.24, 2.45) is 57.2 Å². The van der Waals surface area contributed by atoms with Gasteiger partial charge in [-0.1, -0.05) is 65.0 Å².